The molecule has 0 radical (unpaired) electrons. The quantitative estimate of drug-likeness (QED) is 0.224. The average Bonchev–Trinajstić information content (AvgIpc) is 2.96. The number of guanidine groups is 1. The summed E-state index contributed by atoms with van der Waals surface area (Å²) in [5.41, 5.74) is 0.668. The van der Waals surface area contributed by atoms with Gasteiger partial charge in [0.1, 0.15) is 0 Å². The first-order valence-electron chi connectivity index (χ1n) is 13.1. The molecule has 0 saturated heterocycles. The largest absolute Gasteiger partial charge is 0.466 e. The zero-order chi connectivity index (χ0) is 30.5. The van der Waals surface area contributed by atoms with Gasteiger partial charge in [-0.25, -0.2) is 9.79 Å². The molecule has 0 aliphatic carbocycles. The molecule has 11 heteroatoms. The zero-order valence-corrected chi connectivity index (χ0v) is 22.9. The average molecular weight is 590 g/mol. The minimum Gasteiger partial charge on any atom is -0.466 e. The van der Waals surface area contributed by atoms with Gasteiger partial charge in [-0.2, -0.15) is 26.3 Å². The van der Waals surface area contributed by atoms with Crippen LogP contribution in [0.4, 0.5) is 26.3 Å². The number of carbonyl (C=O) groups excluding carboxylic acids is 1. The van der Waals surface area contributed by atoms with Gasteiger partial charge in [0.2, 0.25) is 0 Å². The van der Waals surface area contributed by atoms with Crippen LogP contribution in [0, 0.1) is 0 Å². The van der Waals surface area contributed by atoms with Crippen LogP contribution in [0.2, 0.25) is 0 Å². The highest BCUT2D eigenvalue weighted by atomic mass is 19.4. The lowest BCUT2D eigenvalue weighted by Gasteiger charge is -2.38. The number of methoxy groups -OCH3 is 1. The van der Waals surface area contributed by atoms with E-state index in [-0.39, 0.29) is 19.0 Å². The number of allylic oxidation sites excluding steroid dienone is 1. The third-order valence-corrected chi connectivity index (χ3v) is 6.93. The molecule has 1 atom stereocenters. The third kappa shape index (κ3) is 7.51. The van der Waals surface area contributed by atoms with E-state index >= 15 is 0 Å². The molecule has 42 heavy (non-hydrogen) atoms. The Kier molecular flexibility index (Phi) is 9.28. The van der Waals surface area contributed by atoms with Crippen LogP contribution >= 0.6 is 0 Å². The summed E-state index contributed by atoms with van der Waals surface area (Å²) in [6.07, 6.45) is -8.05. The maximum Gasteiger partial charge on any atom is 0.416 e. The van der Waals surface area contributed by atoms with Gasteiger partial charge in [0.15, 0.2) is 5.96 Å². The van der Waals surface area contributed by atoms with Crippen molar-refractivity contribution in [3.8, 4) is 0 Å². The zero-order valence-electron chi connectivity index (χ0n) is 22.9. The molecular formula is C31H29F6N3O2. The van der Waals surface area contributed by atoms with Crippen molar-refractivity contribution in [2.75, 3.05) is 7.11 Å². The first-order valence-corrected chi connectivity index (χ1v) is 13.1. The summed E-state index contributed by atoms with van der Waals surface area (Å²) in [6, 6.07) is 18.5. The van der Waals surface area contributed by atoms with Crippen LogP contribution in [0.15, 0.2) is 95.1 Å². The van der Waals surface area contributed by atoms with Gasteiger partial charge in [-0.3, -0.25) is 0 Å². The fraction of sp³-hybridized carbons (Fsp3) is 0.290. The van der Waals surface area contributed by atoms with Crippen molar-refractivity contribution in [2.24, 2.45) is 4.99 Å². The molecule has 0 fully saturated rings. The Morgan fingerprint density at radius 2 is 1.43 bits per heavy atom. The first-order chi connectivity index (χ1) is 19.9. The highest BCUT2D eigenvalue weighted by molar-refractivity contribution is 5.95. The Morgan fingerprint density at radius 1 is 0.857 bits per heavy atom. The predicted molar refractivity (Wildman–Crippen MR) is 146 cm³/mol. The molecule has 1 N–H and O–H groups in total. The van der Waals surface area contributed by atoms with Crippen molar-refractivity contribution in [3.05, 3.63) is 118 Å². The van der Waals surface area contributed by atoms with E-state index in [0.717, 1.165) is 29.8 Å². The van der Waals surface area contributed by atoms with Crippen LogP contribution in [0.3, 0.4) is 0 Å². The van der Waals surface area contributed by atoms with Crippen LogP contribution in [-0.4, -0.2) is 30.0 Å². The van der Waals surface area contributed by atoms with Crippen molar-refractivity contribution < 1.29 is 35.9 Å². The molecule has 222 valence electrons. The number of carbonyl (C=O) groups is 1. The topological polar surface area (TPSA) is 53.9 Å². The fourth-order valence-corrected chi connectivity index (χ4v) is 4.80. The maximum atomic E-state index is 13.4. The van der Waals surface area contributed by atoms with E-state index in [1.807, 2.05) is 30.3 Å². The number of nitrogens with zero attached hydrogens (tertiary/aromatic N) is 2. The molecule has 1 unspecified atom stereocenters. The molecule has 1 aliphatic heterocycles. The number of rotatable bonds is 8. The van der Waals surface area contributed by atoms with E-state index in [9.17, 15) is 31.1 Å². The van der Waals surface area contributed by atoms with Gasteiger partial charge >= 0.3 is 18.3 Å². The second kappa shape index (κ2) is 12.7. The lowest BCUT2D eigenvalue weighted by atomic mass is 9.95. The van der Waals surface area contributed by atoms with Crippen LogP contribution in [0.1, 0.15) is 41.2 Å². The number of nitrogens with one attached hydrogen (secondary N) is 1. The van der Waals surface area contributed by atoms with Crippen molar-refractivity contribution in [1.82, 2.24) is 10.2 Å². The van der Waals surface area contributed by atoms with Gasteiger partial charge in [0, 0.05) is 5.70 Å². The molecule has 5 nitrogen and oxygen atoms in total. The summed E-state index contributed by atoms with van der Waals surface area (Å²) in [5.74, 6) is -0.392. The van der Waals surface area contributed by atoms with Crippen molar-refractivity contribution >= 4 is 11.9 Å². The molecule has 0 amide bonds. The number of aryl methyl sites for hydroxylation is 1. The second-order valence-corrected chi connectivity index (χ2v) is 9.83. The molecule has 1 aliphatic rings. The van der Waals surface area contributed by atoms with Gasteiger partial charge in [-0.1, -0.05) is 54.6 Å². The summed E-state index contributed by atoms with van der Waals surface area (Å²) < 4.78 is 85.1. The summed E-state index contributed by atoms with van der Waals surface area (Å²) in [6.45, 7) is 1.42. The number of halogens is 6. The van der Waals surface area contributed by atoms with Gasteiger partial charge in [-0.15, -0.1) is 0 Å². The Labute approximate surface area is 239 Å². The summed E-state index contributed by atoms with van der Waals surface area (Å²) in [7, 11) is 1.24. The van der Waals surface area contributed by atoms with Gasteiger partial charge in [0.05, 0.1) is 42.9 Å². The fourth-order valence-electron chi connectivity index (χ4n) is 4.80. The molecule has 3 aromatic rings. The highest BCUT2D eigenvalue weighted by Gasteiger charge is 2.35. The smallest absolute Gasteiger partial charge is 0.416 e. The molecule has 3 aromatic carbocycles. The molecule has 0 bridgehead atoms. The maximum absolute atomic E-state index is 13.4. The lowest BCUT2D eigenvalue weighted by Crippen LogP contribution is -2.52. The number of benzene rings is 3. The number of hydrogen-bond acceptors (Lipinski definition) is 3. The number of ether oxygens (including phenoxy) is 1. The number of alkyl halides is 6. The monoisotopic (exact) mass is 589 g/mol. The summed E-state index contributed by atoms with van der Waals surface area (Å²) in [5, 5.41) is 3.22. The predicted octanol–water partition coefficient (Wildman–Crippen LogP) is 7.13. The van der Waals surface area contributed by atoms with Crippen LogP contribution in [-0.2, 0) is 41.4 Å². The van der Waals surface area contributed by atoms with Crippen molar-refractivity contribution in [1.29, 1.82) is 0 Å². The standard InChI is InChI=1S/C31H29F6N3O2/c1-20-27(28(41)42-2)26(15-14-21-8-4-3-5-9-21)39-29(38-18-22-10-6-12-24(16-22)30(32,33)34)40(20)19-23-11-7-13-25(17-23)31(35,36)37/h3-13,16-17,26H,14-15,18-19H2,1-2H3,(H,38,39). The van der Waals surface area contributed by atoms with Gasteiger partial charge in [0.25, 0.3) is 0 Å². The minimum atomic E-state index is -4.55. The van der Waals surface area contributed by atoms with E-state index in [4.69, 9.17) is 4.74 Å². The Balaban J connectivity index is 1.74. The Hall–Kier alpha value is -4.28. The van der Waals surface area contributed by atoms with Crippen molar-refractivity contribution in [3.63, 3.8) is 0 Å². The molecule has 0 aromatic heterocycles. The highest BCUT2D eigenvalue weighted by Crippen LogP contribution is 2.32. The number of esters is 1. The Bertz CT molecular complexity index is 1470. The molecule has 4 rings (SSSR count). The van der Waals surface area contributed by atoms with E-state index in [1.54, 1.807) is 11.8 Å². The normalized spacial score (nSPS) is 16.9. The summed E-state index contributed by atoms with van der Waals surface area (Å²) in [4.78, 5) is 19.1. The van der Waals surface area contributed by atoms with Gasteiger partial charge < -0.3 is 15.0 Å². The minimum absolute atomic E-state index is 0.0872. The molecule has 1 heterocycles. The molecule has 0 spiro atoms. The van der Waals surface area contributed by atoms with E-state index in [0.29, 0.717) is 35.2 Å². The number of aliphatic imine (C=N–C) groups is 1. The SMILES string of the molecule is COC(=O)C1=C(C)N(Cc2cccc(C(F)(F)F)c2)C(=NCc2cccc(C(F)(F)F)c2)NC1CCc1ccccc1. The first kappa shape index (κ1) is 30.7. The number of hydrogen-bond donors (Lipinski definition) is 1. The molecular weight excluding hydrogens is 560 g/mol. The van der Waals surface area contributed by atoms with E-state index < -0.39 is 35.5 Å². The van der Waals surface area contributed by atoms with Crippen molar-refractivity contribution in [2.45, 2.75) is 51.2 Å². The van der Waals surface area contributed by atoms with Crippen LogP contribution in [0.25, 0.3) is 0 Å². The van der Waals surface area contributed by atoms with Gasteiger partial charge in [-0.05, 0) is 60.7 Å². The molecule has 0 saturated carbocycles. The van der Waals surface area contributed by atoms with Crippen LogP contribution < -0.4 is 5.32 Å². The Morgan fingerprint density at radius 3 is 2.02 bits per heavy atom. The van der Waals surface area contributed by atoms with E-state index in [1.165, 1.54) is 31.4 Å². The lowest BCUT2D eigenvalue weighted by molar-refractivity contribution is -0.138. The second-order valence-electron chi connectivity index (χ2n) is 9.83. The summed E-state index contributed by atoms with van der Waals surface area (Å²) >= 11 is 0. The van der Waals surface area contributed by atoms with E-state index in [2.05, 4.69) is 10.3 Å². The third-order valence-electron chi connectivity index (χ3n) is 6.93. The van der Waals surface area contributed by atoms with Crippen LogP contribution in [0.5, 0.6) is 0 Å².